The molecule has 0 radical (unpaired) electrons. The second kappa shape index (κ2) is 5.11. The number of hydrogen-bond donors (Lipinski definition) is 1. The van der Waals surface area contributed by atoms with Gasteiger partial charge in [-0.1, -0.05) is 17.7 Å². The van der Waals surface area contributed by atoms with Gasteiger partial charge < -0.3 is 5.32 Å². The minimum absolute atomic E-state index is 0.211. The highest BCUT2D eigenvalue weighted by molar-refractivity contribution is 9.10. The Morgan fingerprint density at radius 1 is 1.56 bits per heavy atom. The maximum Gasteiger partial charge on any atom is 0.137 e. The van der Waals surface area contributed by atoms with E-state index in [-0.39, 0.29) is 5.82 Å². The lowest BCUT2D eigenvalue weighted by atomic mass is 10.1. The topological polar surface area (TPSA) is 12.0 Å². The fourth-order valence-corrected chi connectivity index (χ4v) is 1.78. The summed E-state index contributed by atoms with van der Waals surface area (Å²) in [5.41, 5.74) is 2.14. The second-order valence-electron chi connectivity index (χ2n) is 4.32. The average molecular weight is 284 g/mol. The molecule has 1 aliphatic carbocycles. The van der Waals surface area contributed by atoms with Crippen molar-refractivity contribution in [2.24, 2.45) is 0 Å². The van der Waals surface area contributed by atoms with E-state index in [1.54, 1.807) is 12.1 Å². The largest absolute Gasteiger partial charge is 0.310 e. The van der Waals surface area contributed by atoms with Crippen LogP contribution in [-0.2, 0) is 0 Å². The Labute approximate surface area is 104 Å². The van der Waals surface area contributed by atoms with Crippen molar-refractivity contribution in [2.45, 2.75) is 25.8 Å². The fourth-order valence-electron chi connectivity index (χ4n) is 1.53. The van der Waals surface area contributed by atoms with Crippen LogP contribution in [0.4, 0.5) is 4.39 Å². The Morgan fingerprint density at radius 3 is 2.94 bits per heavy atom. The summed E-state index contributed by atoms with van der Waals surface area (Å²) in [7, 11) is 0. The monoisotopic (exact) mass is 283 g/mol. The van der Waals surface area contributed by atoms with E-state index in [9.17, 15) is 4.39 Å². The highest BCUT2D eigenvalue weighted by Crippen LogP contribution is 2.20. The molecule has 0 spiro atoms. The molecule has 1 aliphatic rings. The van der Waals surface area contributed by atoms with Gasteiger partial charge in [-0.15, -0.1) is 0 Å². The predicted molar refractivity (Wildman–Crippen MR) is 68.8 cm³/mol. The van der Waals surface area contributed by atoms with Crippen LogP contribution in [0.5, 0.6) is 0 Å². The standard InChI is InChI=1S/C13H15BrFN/c1-9(8-16-11-3-4-11)6-10-2-5-12(14)13(15)7-10/h2,5-7,11,16H,3-4,8H2,1H3/b9-6-. The summed E-state index contributed by atoms with van der Waals surface area (Å²) >= 11 is 3.15. The molecule has 0 unspecified atom stereocenters. The summed E-state index contributed by atoms with van der Waals surface area (Å²) in [6.45, 7) is 2.96. The summed E-state index contributed by atoms with van der Waals surface area (Å²) in [5, 5.41) is 3.43. The van der Waals surface area contributed by atoms with Crippen molar-refractivity contribution in [1.29, 1.82) is 0 Å². The molecule has 1 aromatic rings. The van der Waals surface area contributed by atoms with Crippen LogP contribution in [0.3, 0.4) is 0 Å². The van der Waals surface area contributed by atoms with Crippen LogP contribution in [0.2, 0.25) is 0 Å². The second-order valence-corrected chi connectivity index (χ2v) is 5.17. The normalized spacial score (nSPS) is 16.6. The lowest BCUT2D eigenvalue weighted by Gasteiger charge is -2.03. The van der Waals surface area contributed by atoms with Crippen LogP contribution in [0.1, 0.15) is 25.3 Å². The van der Waals surface area contributed by atoms with Crippen molar-refractivity contribution >= 4 is 22.0 Å². The number of halogens is 2. The van der Waals surface area contributed by atoms with Gasteiger partial charge in [0, 0.05) is 12.6 Å². The smallest absolute Gasteiger partial charge is 0.137 e. The maximum atomic E-state index is 13.3. The van der Waals surface area contributed by atoms with Crippen LogP contribution >= 0.6 is 15.9 Å². The molecule has 1 nitrogen and oxygen atoms in total. The summed E-state index contributed by atoms with van der Waals surface area (Å²) in [6, 6.07) is 5.91. The summed E-state index contributed by atoms with van der Waals surface area (Å²) < 4.78 is 13.8. The van der Waals surface area contributed by atoms with Gasteiger partial charge in [-0.2, -0.15) is 0 Å². The van der Waals surface area contributed by atoms with Crippen LogP contribution in [0, 0.1) is 5.82 Å². The van der Waals surface area contributed by atoms with E-state index in [0.717, 1.165) is 12.1 Å². The summed E-state index contributed by atoms with van der Waals surface area (Å²) in [5.74, 6) is -0.211. The fraction of sp³-hybridized carbons (Fsp3) is 0.385. The van der Waals surface area contributed by atoms with Crippen molar-refractivity contribution in [3.63, 3.8) is 0 Å². The Kier molecular flexibility index (Phi) is 3.77. The first-order valence-corrected chi connectivity index (χ1v) is 6.30. The van der Waals surface area contributed by atoms with E-state index in [1.807, 2.05) is 12.1 Å². The lowest BCUT2D eigenvalue weighted by molar-refractivity contribution is 0.621. The minimum atomic E-state index is -0.211. The minimum Gasteiger partial charge on any atom is -0.310 e. The molecule has 0 heterocycles. The quantitative estimate of drug-likeness (QED) is 0.888. The molecule has 1 N–H and O–H groups in total. The predicted octanol–water partition coefficient (Wildman–Crippen LogP) is 3.74. The van der Waals surface area contributed by atoms with E-state index >= 15 is 0 Å². The highest BCUT2D eigenvalue weighted by atomic mass is 79.9. The first-order chi connectivity index (χ1) is 7.65. The molecule has 0 amide bonds. The Hall–Kier alpha value is -0.670. The number of rotatable bonds is 4. The molecular weight excluding hydrogens is 269 g/mol. The first-order valence-electron chi connectivity index (χ1n) is 5.51. The van der Waals surface area contributed by atoms with E-state index < -0.39 is 0 Å². The molecule has 0 bridgehead atoms. The zero-order chi connectivity index (χ0) is 11.5. The zero-order valence-electron chi connectivity index (χ0n) is 9.26. The third kappa shape index (κ3) is 3.42. The van der Waals surface area contributed by atoms with Crippen molar-refractivity contribution in [3.05, 3.63) is 39.6 Å². The highest BCUT2D eigenvalue weighted by Gasteiger charge is 2.19. The van der Waals surface area contributed by atoms with E-state index in [4.69, 9.17) is 0 Å². The van der Waals surface area contributed by atoms with Gasteiger partial charge in [0.25, 0.3) is 0 Å². The molecule has 0 saturated heterocycles. The molecule has 1 aromatic carbocycles. The number of benzene rings is 1. The Morgan fingerprint density at radius 2 is 2.31 bits per heavy atom. The van der Waals surface area contributed by atoms with Gasteiger partial charge in [-0.3, -0.25) is 0 Å². The van der Waals surface area contributed by atoms with Gasteiger partial charge in [0.15, 0.2) is 0 Å². The third-order valence-electron chi connectivity index (χ3n) is 2.60. The number of hydrogen-bond acceptors (Lipinski definition) is 1. The molecule has 2 rings (SSSR count). The molecule has 3 heteroatoms. The molecule has 0 atom stereocenters. The van der Waals surface area contributed by atoms with Crippen molar-refractivity contribution in [2.75, 3.05) is 6.54 Å². The van der Waals surface area contributed by atoms with Crippen molar-refractivity contribution in [1.82, 2.24) is 5.32 Å². The Bertz CT molecular complexity index is 410. The van der Waals surface area contributed by atoms with E-state index in [1.165, 1.54) is 18.4 Å². The first kappa shape index (κ1) is 11.8. The van der Waals surface area contributed by atoms with Crippen LogP contribution in [0.15, 0.2) is 28.2 Å². The summed E-state index contributed by atoms with van der Waals surface area (Å²) in [6.07, 6.45) is 4.60. The van der Waals surface area contributed by atoms with Gasteiger partial charge >= 0.3 is 0 Å². The number of nitrogens with one attached hydrogen (secondary N) is 1. The third-order valence-corrected chi connectivity index (χ3v) is 3.25. The molecule has 1 fully saturated rings. The van der Waals surface area contributed by atoms with Gasteiger partial charge in [0.05, 0.1) is 4.47 Å². The molecule has 0 aromatic heterocycles. The Balaban J connectivity index is 1.99. The van der Waals surface area contributed by atoms with Crippen molar-refractivity contribution < 1.29 is 4.39 Å². The summed E-state index contributed by atoms with van der Waals surface area (Å²) in [4.78, 5) is 0. The van der Waals surface area contributed by atoms with E-state index in [0.29, 0.717) is 10.5 Å². The molecule has 1 saturated carbocycles. The van der Waals surface area contributed by atoms with Crippen molar-refractivity contribution in [3.8, 4) is 0 Å². The zero-order valence-corrected chi connectivity index (χ0v) is 10.8. The SMILES string of the molecule is C/C(=C/c1ccc(Br)c(F)c1)CNC1CC1. The van der Waals surface area contributed by atoms with Gasteiger partial charge in [-0.05, 0) is 53.4 Å². The van der Waals surface area contributed by atoms with Crippen LogP contribution < -0.4 is 5.32 Å². The molecular formula is C13H15BrFN. The maximum absolute atomic E-state index is 13.3. The molecule has 0 aliphatic heterocycles. The van der Waals surface area contributed by atoms with Gasteiger partial charge in [0.1, 0.15) is 5.82 Å². The van der Waals surface area contributed by atoms with Crippen LogP contribution in [0.25, 0.3) is 6.08 Å². The van der Waals surface area contributed by atoms with Crippen LogP contribution in [-0.4, -0.2) is 12.6 Å². The molecule has 86 valence electrons. The van der Waals surface area contributed by atoms with Gasteiger partial charge in [-0.25, -0.2) is 4.39 Å². The van der Waals surface area contributed by atoms with Gasteiger partial charge in [0.2, 0.25) is 0 Å². The average Bonchev–Trinajstić information content (AvgIpc) is 3.04. The lowest BCUT2D eigenvalue weighted by Crippen LogP contribution is -2.18. The molecule has 16 heavy (non-hydrogen) atoms. The van der Waals surface area contributed by atoms with E-state index in [2.05, 4.69) is 28.2 Å².